The van der Waals surface area contributed by atoms with Gasteiger partial charge in [0.15, 0.2) is 11.6 Å². The fourth-order valence-electron chi connectivity index (χ4n) is 2.16. The van der Waals surface area contributed by atoms with Gasteiger partial charge in [-0.2, -0.15) is 5.10 Å². The average Bonchev–Trinajstić information content (AvgIpc) is 3.16. The van der Waals surface area contributed by atoms with Crippen molar-refractivity contribution in [2.24, 2.45) is 0 Å². The van der Waals surface area contributed by atoms with Crippen molar-refractivity contribution in [3.8, 4) is 0 Å². The van der Waals surface area contributed by atoms with Gasteiger partial charge in [-0.25, -0.2) is 19.0 Å². The first-order valence-electron chi connectivity index (χ1n) is 8.12. The summed E-state index contributed by atoms with van der Waals surface area (Å²) in [6, 6.07) is 0.790. The highest BCUT2D eigenvalue weighted by atomic mass is 19.1. The first-order valence-corrected chi connectivity index (χ1v) is 8.12. The van der Waals surface area contributed by atoms with Crippen LogP contribution >= 0.6 is 0 Å². The number of hydrogen-bond donors (Lipinski definition) is 1. The molecule has 0 bridgehead atoms. The number of aromatic nitrogens is 4. The number of pyridine rings is 1. The monoisotopic (exact) mass is 394 g/mol. The molecule has 2 aromatic rings. The van der Waals surface area contributed by atoms with Gasteiger partial charge < -0.3 is 15.1 Å². The van der Waals surface area contributed by atoms with E-state index in [-0.39, 0.29) is 43.8 Å². The Kier molecular flexibility index (Phi) is 6.90. The molecular formula is C15H19FN8O4. The molecule has 0 saturated carbocycles. The molecule has 12 nitrogen and oxygen atoms in total. The van der Waals surface area contributed by atoms with Gasteiger partial charge in [-0.05, 0) is 0 Å². The lowest BCUT2D eigenvalue weighted by Crippen LogP contribution is -2.42. The SMILES string of the molecule is CN(CCN(C)c1ncc([N+](=O)[O-])cc1F)C(=O)CNC(=O)Cn1cncn1. The maximum absolute atomic E-state index is 14.0. The Hall–Kier alpha value is -3.64. The van der Waals surface area contributed by atoms with Crippen LogP contribution in [0.4, 0.5) is 15.9 Å². The largest absolute Gasteiger partial charge is 0.355 e. The van der Waals surface area contributed by atoms with E-state index in [1.54, 1.807) is 14.1 Å². The van der Waals surface area contributed by atoms with Crippen molar-refractivity contribution in [2.45, 2.75) is 6.54 Å². The quantitative estimate of drug-likeness (QED) is 0.441. The summed E-state index contributed by atoms with van der Waals surface area (Å²) in [6.45, 7) is 0.214. The van der Waals surface area contributed by atoms with Crippen LogP contribution in [0.15, 0.2) is 24.9 Å². The number of nitrogens with one attached hydrogen (secondary N) is 1. The van der Waals surface area contributed by atoms with Gasteiger partial charge in [0, 0.05) is 27.2 Å². The molecule has 0 fully saturated rings. The van der Waals surface area contributed by atoms with Gasteiger partial charge in [-0.15, -0.1) is 0 Å². The number of amides is 2. The number of hydrogen-bond acceptors (Lipinski definition) is 8. The molecule has 0 atom stereocenters. The predicted molar refractivity (Wildman–Crippen MR) is 94.8 cm³/mol. The van der Waals surface area contributed by atoms with Gasteiger partial charge in [0.2, 0.25) is 11.8 Å². The summed E-state index contributed by atoms with van der Waals surface area (Å²) in [6.07, 6.45) is 3.65. The van der Waals surface area contributed by atoms with Gasteiger partial charge in [0.25, 0.3) is 5.69 Å². The third-order valence-corrected chi connectivity index (χ3v) is 3.79. The van der Waals surface area contributed by atoms with Crippen molar-refractivity contribution in [3.05, 3.63) is 40.8 Å². The summed E-state index contributed by atoms with van der Waals surface area (Å²) in [4.78, 5) is 44.0. The molecule has 150 valence electrons. The van der Waals surface area contributed by atoms with E-state index in [1.165, 1.54) is 27.1 Å². The fourth-order valence-corrected chi connectivity index (χ4v) is 2.16. The molecule has 28 heavy (non-hydrogen) atoms. The van der Waals surface area contributed by atoms with Crippen LogP contribution in [0.3, 0.4) is 0 Å². The van der Waals surface area contributed by atoms with E-state index in [2.05, 4.69) is 20.4 Å². The molecule has 0 aromatic carbocycles. The van der Waals surface area contributed by atoms with Crippen LogP contribution in [0.25, 0.3) is 0 Å². The third kappa shape index (κ3) is 5.69. The van der Waals surface area contributed by atoms with Crippen LogP contribution in [0, 0.1) is 15.9 Å². The van der Waals surface area contributed by atoms with Gasteiger partial charge >= 0.3 is 0 Å². The van der Waals surface area contributed by atoms with Gasteiger partial charge in [-0.3, -0.25) is 19.7 Å². The zero-order valence-corrected chi connectivity index (χ0v) is 15.3. The highest BCUT2D eigenvalue weighted by molar-refractivity contribution is 5.84. The molecule has 0 unspecified atom stereocenters. The molecule has 2 aromatic heterocycles. The normalized spacial score (nSPS) is 10.4. The lowest BCUT2D eigenvalue weighted by atomic mass is 10.3. The van der Waals surface area contributed by atoms with Crippen LogP contribution in [0.5, 0.6) is 0 Å². The Labute approximate surface area is 159 Å². The minimum atomic E-state index is -0.828. The zero-order chi connectivity index (χ0) is 20.7. The van der Waals surface area contributed by atoms with Gasteiger partial charge in [-0.1, -0.05) is 0 Å². The Morgan fingerprint density at radius 2 is 2.11 bits per heavy atom. The van der Waals surface area contributed by atoms with Crippen molar-refractivity contribution in [1.29, 1.82) is 0 Å². The molecule has 2 heterocycles. The van der Waals surface area contributed by atoms with Crippen molar-refractivity contribution < 1.29 is 18.9 Å². The van der Waals surface area contributed by atoms with Crippen molar-refractivity contribution >= 4 is 23.3 Å². The van der Waals surface area contributed by atoms with E-state index in [0.717, 1.165) is 12.3 Å². The Morgan fingerprint density at radius 3 is 2.71 bits per heavy atom. The predicted octanol–water partition coefficient (Wildman–Crippen LogP) is -0.569. The minimum absolute atomic E-state index is 0.0508. The summed E-state index contributed by atoms with van der Waals surface area (Å²) < 4.78 is 15.3. The van der Waals surface area contributed by atoms with E-state index in [4.69, 9.17) is 0 Å². The topological polar surface area (TPSA) is 139 Å². The second kappa shape index (κ2) is 9.34. The molecule has 0 spiro atoms. The second-order valence-electron chi connectivity index (χ2n) is 5.86. The molecule has 2 rings (SSSR count). The van der Waals surface area contributed by atoms with Crippen molar-refractivity contribution in [2.75, 3.05) is 38.6 Å². The van der Waals surface area contributed by atoms with Crippen molar-refractivity contribution in [1.82, 2.24) is 30.0 Å². The molecule has 0 aliphatic carbocycles. The number of carbonyl (C=O) groups excluding carboxylic acids is 2. The zero-order valence-electron chi connectivity index (χ0n) is 15.3. The van der Waals surface area contributed by atoms with Gasteiger partial charge in [0.1, 0.15) is 25.4 Å². The first-order chi connectivity index (χ1) is 13.3. The highest BCUT2D eigenvalue weighted by Gasteiger charge is 2.17. The Bertz CT molecular complexity index is 845. The van der Waals surface area contributed by atoms with Crippen LogP contribution in [-0.4, -0.2) is 75.1 Å². The number of nitro groups is 1. The average molecular weight is 394 g/mol. The summed E-state index contributed by atoms with van der Waals surface area (Å²) in [5.74, 6) is -1.61. The highest BCUT2D eigenvalue weighted by Crippen LogP contribution is 2.19. The molecule has 13 heteroatoms. The summed E-state index contributed by atoms with van der Waals surface area (Å²) in [7, 11) is 3.09. The van der Waals surface area contributed by atoms with E-state index >= 15 is 0 Å². The van der Waals surface area contributed by atoms with Crippen molar-refractivity contribution in [3.63, 3.8) is 0 Å². The van der Waals surface area contributed by atoms with Gasteiger partial charge in [0.05, 0.1) is 17.5 Å². The number of rotatable bonds is 9. The van der Waals surface area contributed by atoms with Crippen LogP contribution in [0.1, 0.15) is 0 Å². The number of halogens is 1. The maximum Gasteiger partial charge on any atom is 0.290 e. The molecule has 0 aliphatic heterocycles. The lowest BCUT2D eigenvalue weighted by Gasteiger charge is -2.23. The molecule has 0 radical (unpaired) electrons. The molecule has 2 amide bonds. The molecular weight excluding hydrogens is 375 g/mol. The molecule has 1 N–H and O–H groups in total. The van der Waals surface area contributed by atoms with Crippen LogP contribution in [0.2, 0.25) is 0 Å². The fraction of sp³-hybridized carbons (Fsp3) is 0.400. The van der Waals surface area contributed by atoms with E-state index in [1.807, 2.05) is 0 Å². The molecule has 0 saturated heterocycles. The number of likely N-dealkylation sites (N-methyl/N-ethyl adjacent to an activating group) is 2. The van der Waals surface area contributed by atoms with E-state index < -0.39 is 16.4 Å². The number of carbonyl (C=O) groups is 2. The summed E-state index contributed by atoms with van der Waals surface area (Å²) >= 11 is 0. The first kappa shape index (κ1) is 20.7. The number of nitrogens with zero attached hydrogens (tertiary/aromatic N) is 7. The smallest absolute Gasteiger partial charge is 0.290 e. The lowest BCUT2D eigenvalue weighted by molar-refractivity contribution is -0.385. The number of anilines is 1. The Morgan fingerprint density at radius 1 is 1.36 bits per heavy atom. The van der Waals surface area contributed by atoms with E-state index in [0.29, 0.717) is 0 Å². The molecule has 0 aliphatic rings. The minimum Gasteiger partial charge on any atom is -0.355 e. The second-order valence-corrected chi connectivity index (χ2v) is 5.86. The summed E-state index contributed by atoms with van der Waals surface area (Å²) in [5.41, 5.74) is -0.441. The van der Waals surface area contributed by atoms with Crippen LogP contribution in [-0.2, 0) is 16.1 Å². The Balaban J connectivity index is 1.78. The third-order valence-electron chi connectivity index (χ3n) is 3.79. The van der Waals surface area contributed by atoms with E-state index in [9.17, 15) is 24.1 Å². The van der Waals surface area contributed by atoms with Crippen LogP contribution < -0.4 is 10.2 Å². The maximum atomic E-state index is 14.0. The summed E-state index contributed by atoms with van der Waals surface area (Å²) in [5, 5.41) is 16.9. The standard InChI is InChI=1S/C15H19FN8O4/c1-21(14(26)7-18-13(25)8-23-10-17-9-20-23)3-4-22(2)15-12(16)5-11(6-19-15)24(27)28/h5-6,9-10H,3-4,7-8H2,1-2H3,(H,18,25).